The predicted molar refractivity (Wildman–Crippen MR) is 71.0 cm³/mol. The van der Waals surface area contributed by atoms with E-state index < -0.39 is 9.84 Å². The molecule has 5 nitrogen and oxygen atoms in total. The van der Waals surface area contributed by atoms with Crippen LogP contribution in [0.4, 0.5) is 0 Å². The Labute approximate surface area is 108 Å². The van der Waals surface area contributed by atoms with Crippen molar-refractivity contribution >= 4 is 9.84 Å². The fourth-order valence-electron chi connectivity index (χ4n) is 1.63. The molecule has 0 bridgehead atoms. The van der Waals surface area contributed by atoms with Gasteiger partial charge in [-0.05, 0) is 26.7 Å². The van der Waals surface area contributed by atoms with E-state index in [1.807, 2.05) is 6.20 Å². The molecular formula is C12H21N3O2S. The van der Waals surface area contributed by atoms with E-state index in [0.29, 0.717) is 12.6 Å². The number of aromatic nitrogens is 2. The van der Waals surface area contributed by atoms with Gasteiger partial charge in [-0.25, -0.2) is 8.42 Å². The van der Waals surface area contributed by atoms with E-state index in [1.165, 1.54) is 12.8 Å². The Kier molecular flexibility index (Phi) is 4.07. The first-order chi connectivity index (χ1) is 8.47. The number of aryl methyl sites for hydroxylation is 1. The monoisotopic (exact) mass is 271 g/mol. The van der Waals surface area contributed by atoms with Crippen LogP contribution in [0.1, 0.15) is 32.3 Å². The Bertz CT molecular complexity index is 489. The van der Waals surface area contributed by atoms with Gasteiger partial charge in [-0.1, -0.05) is 0 Å². The molecule has 1 heterocycles. The third-order valence-corrected chi connectivity index (χ3v) is 5.37. The van der Waals surface area contributed by atoms with E-state index in [1.54, 1.807) is 24.7 Å². The first kappa shape index (κ1) is 13.5. The Hall–Kier alpha value is -0.880. The molecule has 1 aliphatic rings. The highest BCUT2D eigenvalue weighted by atomic mass is 32.2. The normalized spacial score (nSPS) is 16.4. The lowest BCUT2D eigenvalue weighted by molar-refractivity contribution is 0.572. The average molecular weight is 271 g/mol. The summed E-state index contributed by atoms with van der Waals surface area (Å²) in [6, 6.07) is 0.676. The van der Waals surface area contributed by atoms with Crippen LogP contribution in [0.2, 0.25) is 0 Å². The Balaban J connectivity index is 1.82. The van der Waals surface area contributed by atoms with Gasteiger partial charge in [-0.2, -0.15) is 5.10 Å². The molecule has 1 aromatic heterocycles. The molecule has 0 radical (unpaired) electrons. The van der Waals surface area contributed by atoms with Crippen LogP contribution in [-0.2, 0) is 22.9 Å². The van der Waals surface area contributed by atoms with Gasteiger partial charge in [0.25, 0.3) is 0 Å². The second-order valence-electron chi connectivity index (χ2n) is 5.18. The van der Waals surface area contributed by atoms with Gasteiger partial charge in [0.1, 0.15) is 0 Å². The zero-order chi connectivity index (χ0) is 13.2. The minimum atomic E-state index is -2.98. The average Bonchev–Trinajstić information content (AvgIpc) is 3.03. The summed E-state index contributed by atoms with van der Waals surface area (Å²) in [7, 11) is -2.98. The van der Waals surface area contributed by atoms with Crippen molar-refractivity contribution in [1.29, 1.82) is 0 Å². The summed E-state index contributed by atoms with van der Waals surface area (Å²) in [6.45, 7) is 4.68. The lowest BCUT2D eigenvalue weighted by atomic mass is 10.3. The van der Waals surface area contributed by atoms with Gasteiger partial charge in [-0.15, -0.1) is 0 Å². The van der Waals surface area contributed by atoms with Gasteiger partial charge in [0, 0.05) is 24.3 Å². The van der Waals surface area contributed by atoms with E-state index in [4.69, 9.17) is 0 Å². The van der Waals surface area contributed by atoms with Gasteiger partial charge in [0.15, 0.2) is 9.84 Å². The molecule has 18 heavy (non-hydrogen) atoms. The third-order valence-electron chi connectivity index (χ3n) is 3.18. The lowest BCUT2D eigenvalue weighted by Crippen LogP contribution is -2.21. The highest BCUT2D eigenvalue weighted by molar-refractivity contribution is 7.91. The van der Waals surface area contributed by atoms with E-state index in [9.17, 15) is 8.42 Å². The fourth-order valence-corrected chi connectivity index (χ4v) is 2.54. The van der Waals surface area contributed by atoms with Crippen molar-refractivity contribution in [2.75, 3.05) is 5.75 Å². The lowest BCUT2D eigenvalue weighted by Gasteiger charge is -2.07. The molecule has 0 aromatic carbocycles. The second-order valence-corrected chi connectivity index (χ2v) is 7.86. The molecular weight excluding hydrogens is 250 g/mol. The zero-order valence-electron chi connectivity index (χ0n) is 11.0. The SMILES string of the molecule is CC(C)S(=O)(=O)CCn1cc(CNC2CC2)cn1. The molecule has 6 heteroatoms. The minimum Gasteiger partial charge on any atom is -0.310 e. The summed E-state index contributed by atoms with van der Waals surface area (Å²) in [5.74, 6) is 0.155. The van der Waals surface area contributed by atoms with E-state index in [0.717, 1.165) is 12.1 Å². The summed E-state index contributed by atoms with van der Waals surface area (Å²) >= 11 is 0. The maximum Gasteiger partial charge on any atom is 0.154 e. The first-order valence-electron chi connectivity index (χ1n) is 6.43. The van der Waals surface area contributed by atoms with Crippen LogP contribution in [-0.4, -0.2) is 35.2 Å². The quantitative estimate of drug-likeness (QED) is 0.802. The van der Waals surface area contributed by atoms with Gasteiger partial charge < -0.3 is 5.32 Å². The summed E-state index contributed by atoms with van der Waals surface area (Å²) in [4.78, 5) is 0. The number of nitrogens with zero attached hydrogens (tertiary/aromatic N) is 2. The molecule has 1 N–H and O–H groups in total. The predicted octanol–water partition coefficient (Wildman–Crippen LogP) is 0.958. The molecule has 0 amide bonds. The van der Waals surface area contributed by atoms with Crippen molar-refractivity contribution < 1.29 is 8.42 Å². The van der Waals surface area contributed by atoms with Crippen molar-refractivity contribution in [3.63, 3.8) is 0 Å². The molecule has 1 saturated carbocycles. The third kappa shape index (κ3) is 3.81. The summed E-state index contributed by atoms with van der Waals surface area (Å²) in [5.41, 5.74) is 1.11. The van der Waals surface area contributed by atoms with Crippen molar-refractivity contribution in [3.8, 4) is 0 Å². The largest absolute Gasteiger partial charge is 0.310 e. The molecule has 1 aliphatic carbocycles. The maximum atomic E-state index is 11.7. The topological polar surface area (TPSA) is 64.0 Å². The number of rotatable bonds is 7. The molecule has 1 aromatic rings. The van der Waals surface area contributed by atoms with Crippen LogP contribution in [0.25, 0.3) is 0 Å². The molecule has 2 rings (SSSR count). The molecule has 0 atom stereocenters. The maximum absolute atomic E-state index is 11.7. The summed E-state index contributed by atoms with van der Waals surface area (Å²) in [5, 5.41) is 7.28. The number of sulfone groups is 1. The second kappa shape index (κ2) is 5.40. The van der Waals surface area contributed by atoms with Gasteiger partial charge in [0.2, 0.25) is 0 Å². The highest BCUT2D eigenvalue weighted by Crippen LogP contribution is 2.19. The van der Waals surface area contributed by atoms with E-state index in [2.05, 4.69) is 10.4 Å². The number of hydrogen-bond acceptors (Lipinski definition) is 4. The van der Waals surface area contributed by atoms with E-state index in [-0.39, 0.29) is 11.0 Å². The smallest absolute Gasteiger partial charge is 0.154 e. The molecule has 102 valence electrons. The summed E-state index contributed by atoms with van der Waals surface area (Å²) < 4.78 is 25.1. The molecule has 0 spiro atoms. The van der Waals surface area contributed by atoms with Crippen LogP contribution >= 0.6 is 0 Å². The van der Waals surface area contributed by atoms with Crippen LogP contribution < -0.4 is 5.32 Å². The van der Waals surface area contributed by atoms with Gasteiger partial charge >= 0.3 is 0 Å². The standard InChI is InChI=1S/C12H21N3O2S/c1-10(2)18(16,17)6-5-15-9-11(8-14-15)7-13-12-3-4-12/h8-10,12-13H,3-7H2,1-2H3. The molecule has 0 aliphatic heterocycles. The van der Waals surface area contributed by atoms with Crippen LogP contribution in [0, 0.1) is 0 Å². The van der Waals surface area contributed by atoms with Crippen LogP contribution in [0.3, 0.4) is 0 Å². The Morgan fingerprint density at radius 2 is 2.22 bits per heavy atom. The summed E-state index contributed by atoms with van der Waals surface area (Å²) in [6.07, 6.45) is 6.25. The van der Waals surface area contributed by atoms with Crippen molar-refractivity contribution in [2.24, 2.45) is 0 Å². The molecule has 0 unspecified atom stereocenters. The van der Waals surface area contributed by atoms with Crippen LogP contribution in [0.15, 0.2) is 12.4 Å². The number of hydrogen-bond donors (Lipinski definition) is 1. The van der Waals surface area contributed by atoms with Gasteiger partial charge in [-0.3, -0.25) is 4.68 Å². The van der Waals surface area contributed by atoms with Crippen LogP contribution in [0.5, 0.6) is 0 Å². The Morgan fingerprint density at radius 3 is 2.83 bits per heavy atom. The highest BCUT2D eigenvalue weighted by Gasteiger charge is 2.20. The van der Waals surface area contributed by atoms with Crippen molar-refractivity contribution in [2.45, 2.75) is 51.1 Å². The minimum absolute atomic E-state index is 0.155. The van der Waals surface area contributed by atoms with Crippen molar-refractivity contribution in [1.82, 2.24) is 15.1 Å². The number of nitrogens with one attached hydrogen (secondary N) is 1. The first-order valence-corrected chi connectivity index (χ1v) is 8.15. The molecule has 1 fully saturated rings. The fraction of sp³-hybridized carbons (Fsp3) is 0.750. The zero-order valence-corrected chi connectivity index (χ0v) is 11.8. The van der Waals surface area contributed by atoms with Gasteiger partial charge in [0.05, 0.1) is 23.7 Å². The van der Waals surface area contributed by atoms with E-state index >= 15 is 0 Å². The van der Waals surface area contributed by atoms with Crippen molar-refractivity contribution in [3.05, 3.63) is 18.0 Å². The molecule has 0 saturated heterocycles. The Morgan fingerprint density at radius 1 is 1.50 bits per heavy atom.